The van der Waals surface area contributed by atoms with E-state index in [1.807, 2.05) is 0 Å². The standard InChI is InChI=1S/C15H10BrF3N2O3/c16-9-3-6-12(11(7-9)13(22)23)21-14(24)20-10-4-1-8(2-5-10)15(17,18)19/h1-7H,(H,22,23)(H2,20,21,24). The van der Waals surface area contributed by atoms with Crippen LogP contribution in [0.5, 0.6) is 0 Å². The number of rotatable bonds is 3. The van der Waals surface area contributed by atoms with Crippen molar-refractivity contribution < 1.29 is 27.9 Å². The molecule has 0 radical (unpaired) electrons. The van der Waals surface area contributed by atoms with Gasteiger partial charge in [0, 0.05) is 10.2 Å². The van der Waals surface area contributed by atoms with Crippen molar-refractivity contribution in [3.8, 4) is 0 Å². The molecule has 0 saturated carbocycles. The van der Waals surface area contributed by atoms with Crippen LogP contribution in [0.15, 0.2) is 46.9 Å². The Balaban J connectivity index is 2.10. The van der Waals surface area contributed by atoms with Gasteiger partial charge in [-0.25, -0.2) is 9.59 Å². The van der Waals surface area contributed by atoms with E-state index in [2.05, 4.69) is 26.6 Å². The monoisotopic (exact) mass is 402 g/mol. The number of carbonyl (C=O) groups is 2. The second kappa shape index (κ2) is 6.91. The van der Waals surface area contributed by atoms with Gasteiger partial charge in [-0.2, -0.15) is 13.2 Å². The summed E-state index contributed by atoms with van der Waals surface area (Å²) in [4.78, 5) is 23.0. The number of alkyl halides is 3. The lowest BCUT2D eigenvalue weighted by atomic mass is 10.2. The highest BCUT2D eigenvalue weighted by Gasteiger charge is 2.30. The minimum Gasteiger partial charge on any atom is -0.478 e. The average molecular weight is 403 g/mol. The van der Waals surface area contributed by atoms with Gasteiger partial charge >= 0.3 is 18.2 Å². The smallest absolute Gasteiger partial charge is 0.416 e. The molecule has 24 heavy (non-hydrogen) atoms. The molecule has 0 spiro atoms. The predicted molar refractivity (Wildman–Crippen MR) is 85.2 cm³/mol. The summed E-state index contributed by atoms with van der Waals surface area (Å²) < 4.78 is 37.9. The minimum absolute atomic E-state index is 0.0510. The van der Waals surface area contributed by atoms with Gasteiger partial charge in [0.05, 0.1) is 16.8 Å². The molecule has 9 heteroatoms. The van der Waals surface area contributed by atoms with Crippen LogP contribution in [-0.4, -0.2) is 17.1 Å². The van der Waals surface area contributed by atoms with Crippen molar-refractivity contribution in [2.45, 2.75) is 6.18 Å². The zero-order valence-electron chi connectivity index (χ0n) is 11.8. The van der Waals surface area contributed by atoms with E-state index in [4.69, 9.17) is 5.11 Å². The van der Waals surface area contributed by atoms with Crippen LogP contribution >= 0.6 is 15.9 Å². The van der Waals surface area contributed by atoms with Crippen molar-refractivity contribution in [2.75, 3.05) is 10.6 Å². The molecule has 0 aliphatic heterocycles. The Kier molecular flexibility index (Phi) is 5.13. The number of amides is 2. The zero-order chi connectivity index (χ0) is 17.9. The third kappa shape index (κ3) is 4.48. The Morgan fingerprint density at radius 3 is 2.17 bits per heavy atom. The molecule has 0 saturated heterocycles. The summed E-state index contributed by atoms with van der Waals surface area (Å²) in [5, 5.41) is 13.8. The highest BCUT2D eigenvalue weighted by Crippen LogP contribution is 2.30. The average Bonchev–Trinajstić information content (AvgIpc) is 2.48. The number of carboxylic acids is 1. The molecule has 0 aliphatic rings. The molecule has 0 bridgehead atoms. The Labute approximate surface area is 142 Å². The number of urea groups is 1. The first kappa shape index (κ1) is 17.8. The summed E-state index contributed by atoms with van der Waals surface area (Å²) in [5.74, 6) is -1.24. The summed E-state index contributed by atoms with van der Waals surface area (Å²) in [6.07, 6.45) is -4.46. The molecule has 0 unspecified atom stereocenters. The molecule has 126 valence electrons. The van der Waals surface area contributed by atoms with E-state index in [9.17, 15) is 22.8 Å². The van der Waals surface area contributed by atoms with Gasteiger partial charge in [0.15, 0.2) is 0 Å². The first-order valence-electron chi connectivity index (χ1n) is 6.45. The van der Waals surface area contributed by atoms with Crippen molar-refractivity contribution in [1.82, 2.24) is 0 Å². The Hall–Kier alpha value is -2.55. The van der Waals surface area contributed by atoms with E-state index in [0.717, 1.165) is 24.3 Å². The lowest BCUT2D eigenvalue weighted by molar-refractivity contribution is -0.137. The summed E-state index contributed by atoms with van der Waals surface area (Å²) in [5.41, 5.74) is -0.786. The quantitative estimate of drug-likeness (QED) is 0.689. The summed E-state index contributed by atoms with van der Waals surface area (Å²) in [6, 6.07) is 7.33. The van der Waals surface area contributed by atoms with Gasteiger partial charge in [-0.15, -0.1) is 0 Å². The molecule has 0 aliphatic carbocycles. The predicted octanol–water partition coefficient (Wildman–Crippen LogP) is 4.81. The number of carbonyl (C=O) groups excluding carboxylic acids is 1. The van der Waals surface area contributed by atoms with Gasteiger partial charge in [-0.1, -0.05) is 15.9 Å². The number of halogens is 4. The zero-order valence-corrected chi connectivity index (χ0v) is 13.4. The third-order valence-electron chi connectivity index (χ3n) is 2.93. The maximum Gasteiger partial charge on any atom is 0.416 e. The number of carboxylic acid groups (broad SMARTS) is 1. The normalized spacial score (nSPS) is 11.0. The van der Waals surface area contributed by atoms with Crippen molar-refractivity contribution in [2.24, 2.45) is 0 Å². The van der Waals surface area contributed by atoms with E-state index in [0.29, 0.717) is 4.47 Å². The fourth-order valence-electron chi connectivity index (χ4n) is 1.83. The molecule has 0 atom stereocenters. The van der Waals surface area contributed by atoms with E-state index in [1.54, 1.807) is 6.07 Å². The van der Waals surface area contributed by atoms with Crippen LogP contribution in [0.2, 0.25) is 0 Å². The first-order chi connectivity index (χ1) is 11.2. The molecule has 2 amide bonds. The van der Waals surface area contributed by atoms with Crippen LogP contribution in [0, 0.1) is 0 Å². The van der Waals surface area contributed by atoms with Gasteiger partial charge in [-0.3, -0.25) is 0 Å². The second-order valence-corrected chi connectivity index (χ2v) is 5.56. The van der Waals surface area contributed by atoms with Crippen molar-refractivity contribution in [3.63, 3.8) is 0 Å². The molecule has 3 N–H and O–H groups in total. The number of hydrogen-bond acceptors (Lipinski definition) is 2. The molecule has 0 fully saturated rings. The SMILES string of the molecule is O=C(Nc1ccc(C(F)(F)F)cc1)Nc1ccc(Br)cc1C(=O)O. The van der Waals surface area contributed by atoms with Gasteiger partial charge in [0.1, 0.15) is 0 Å². The summed E-state index contributed by atoms with van der Waals surface area (Å²) in [7, 11) is 0. The van der Waals surface area contributed by atoms with Crippen LogP contribution in [0.4, 0.5) is 29.3 Å². The van der Waals surface area contributed by atoms with E-state index in [-0.39, 0.29) is 16.9 Å². The molecule has 2 aromatic carbocycles. The van der Waals surface area contributed by atoms with Crippen molar-refractivity contribution in [1.29, 1.82) is 0 Å². The maximum atomic E-state index is 12.5. The molecule has 2 aromatic rings. The van der Waals surface area contributed by atoms with Gasteiger partial charge < -0.3 is 15.7 Å². The molecular weight excluding hydrogens is 393 g/mol. The molecular formula is C15H10BrF3N2O3. The largest absolute Gasteiger partial charge is 0.478 e. The van der Waals surface area contributed by atoms with Crippen molar-refractivity contribution in [3.05, 3.63) is 58.1 Å². The third-order valence-corrected chi connectivity index (χ3v) is 3.42. The highest BCUT2D eigenvalue weighted by molar-refractivity contribution is 9.10. The minimum atomic E-state index is -4.46. The Bertz CT molecular complexity index is 777. The number of aromatic carboxylic acids is 1. The van der Waals surface area contributed by atoms with Crippen LogP contribution in [0.3, 0.4) is 0 Å². The fourth-order valence-corrected chi connectivity index (χ4v) is 2.19. The van der Waals surface area contributed by atoms with Crippen LogP contribution in [-0.2, 0) is 6.18 Å². The lowest BCUT2D eigenvalue weighted by Crippen LogP contribution is -2.21. The molecule has 0 aromatic heterocycles. The van der Waals surface area contributed by atoms with Crippen molar-refractivity contribution >= 4 is 39.3 Å². The summed E-state index contributed by atoms with van der Waals surface area (Å²) in [6.45, 7) is 0. The fraction of sp³-hybridized carbons (Fsp3) is 0.0667. The Morgan fingerprint density at radius 1 is 1.00 bits per heavy atom. The molecule has 0 heterocycles. The lowest BCUT2D eigenvalue weighted by Gasteiger charge is -2.11. The van der Waals surface area contributed by atoms with Crippen LogP contribution in [0.1, 0.15) is 15.9 Å². The maximum absolute atomic E-state index is 12.5. The molecule has 2 rings (SSSR count). The molecule has 5 nitrogen and oxygen atoms in total. The second-order valence-electron chi connectivity index (χ2n) is 4.65. The number of anilines is 2. The Morgan fingerprint density at radius 2 is 1.62 bits per heavy atom. The van der Waals surface area contributed by atoms with Gasteiger partial charge in [0.25, 0.3) is 0 Å². The van der Waals surface area contributed by atoms with Crippen LogP contribution < -0.4 is 10.6 Å². The van der Waals surface area contributed by atoms with Crippen LogP contribution in [0.25, 0.3) is 0 Å². The number of hydrogen-bond donors (Lipinski definition) is 3. The van der Waals surface area contributed by atoms with E-state index in [1.165, 1.54) is 12.1 Å². The van der Waals surface area contributed by atoms with E-state index < -0.39 is 23.7 Å². The first-order valence-corrected chi connectivity index (χ1v) is 7.24. The highest BCUT2D eigenvalue weighted by atomic mass is 79.9. The topological polar surface area (TPSA) is 78.4 Å². The van der Waals surface area contributed by atoms with E-state index >= 15 is 0 Å². The number of nitrogens with one attached hydrogen (secondary N) is 2. The van der Waals surface area contributed by atoms with Gasteiger partial charge in [0.2, 0.25) is 0 Å². The number of benzene rings is 2. The summed E-state index contributed by atoms with van der Waals surface area (Å²) >= 11 is 3.12. The van der Waals surface area contributed by atoms with Gasteiger partial charge in [-0.05, 0) is 42.5 Å².